The van der Waals surface area contributed by atoms with Crippen molar-refractivity contribution in [3.05, 3.63) is 50.8 Å². The van der Waals surface area contributed by atoms with Crippen molar-refractivity contribution in [2.24, 2.45) is 0 Å². The number of H-pyrrole nitrogens is 1. The highest BCUT2D eigenvalue weighted by Gasteiger charge is 2.19. The molecule has 7 heteroatoms. The fourth-order valence-corrected chi connectivity index (χ4v) is 3.55. The lowest BCUT2D eigenvalue weighted by atomic mass is 9.95. The van der Waals surface area contributed by atoms with Crippen molar-refractivity contribution in [2.45, 2.75) is 38.2 Å². The quantitative estimate of drug-likeness (QED) is 0.759. The van der Waals surface area contributed by atoms with E-state index in [2.05, 4.69) is 15.5 Å². The molecule has 3 N–H and O–H groups in total. The van der Waals surface area contributed by atoms with Gasteiger partial charge in [-0.15, -0.1) is 0 Å². The minimum Gasteiger partial charge on any atom is -0.387 e. The van der Waals surface area contributed by atoms with Gasteiger partial charge in [0.05, 0.1) is 18.2 Å². The number of rotatable bonds is 5. The first kappa shape index (κ1) is 17.3. The van der Waals surface area contributed by atoms with E-state index in [0.29, 0.717) is 15.6 Å². The van der Waals surface area contributed by atoms with Crippen LogP contribution in [-0.2, 0) is 24.1 Å². The first-order chi connectivity index (χ1) is 11.5. The number of carbonyl (C=O) groups excluding carboxylic acids is 1. The molecule has 1 aliphatic rings. The van der Waals surface area contributed by atoms with Gasteiger partial charge in [0.15, 0.2) is 0 Å². The molecule has 0 spiro atoms. The molecule has 3 rings (SSSR count). The molecule has 0 bridgehead atoms. The molecule has 0 aliphatic heterocycles. The van der Waals surface area contributed by atoms with Crippen molar-refractivity contribution < 1.29 is 9.90 Å². The van der Waals surface area contributed by atoms with Gasteiger partial charge in [-0.3, -0.25) is 9.89 Å². The van der Waals surface area contributed by atoms with E-state index in [1.54, 1.807) is 18.2 Å². The first-order valence-corrected chi connectivity index (χ1v) is 8.74. The number of benzene rings is 1. The molecule has 0 saturated carbocycles. The average molecular weight is 368 g/mol. The summed E-state index contributed by atoms with van der Waals surface area (Å²) in [7, 11) is 0. The fourth-order valence-electron chi connectivity index (χ4n) is 3.01. The molecule has 1 aliphatic carbocycles. The van der Waals surface area contributed by atoms with Crippen LogP contribution >= 0.6 is 23.2 Å². The molecule has 128 valence electrons. The van der Waals surface area contributed by atoms with E-state index in [4.69, 9.17) is 23.2 Å². The number of aliphatic hydroxyl groups is 1. The van der Waals surface area contributed by atoms with Crippen molar-refractivity contribution in [1.82, 2.24) is 15.5 Å². The lowest BCUT2D eigenvalue weighted by molar-refractivity contribution is -0.121. The molecule has 0 saturated heterocycles. The number of amides is 1. The van der Waals surface area contributed by atoms with Gasteiger partial charge in [-0.05, 0) is 55.0 Å². The Morgan fingerprint density at radius 2 is 1.96 bits per heavy atom. The second-order valence-corrected chi connectivity index (χ2v) is 6.91. The van der Waals surface area contributed by atoms with Crippen molar-refractivity contribution in [3.63, 3.8) is 0 Å². The van der Waals surface area contributed by atoms with Gasteiger partial charge in [0.25, 0.3) is 0 Å². The number of aliphatic hydroxyl groups excluding tert-OH is 1. The van der Waals surface area contributed by atoms with Crippen LogP contribution in [0.15, 0.2) is 18.2 Å². The lowest BCUT2D eigenvalue weighted by Gasteiger charge is -2.14. The van der Waals surface area contributed by atoms with Crippen molar-refractivity contribution >= 4 is 29.1 Å². The van der Waals surface area contributed by atoms with E-state index >= 15 is 0 Å². The number of nitrogens with zero attached hydrogens (tertiary/aromatic N) is 1. The number of fused-ring (bicyclic) bond motifs is 1. The average Bonchev–Trinajstić information content (AvgIpc) is 2.95. The van der Waals surface area contributed by atoms with Gasteiger partial charge in [0.1, 0.15) is 0 Å². The molecular formula is C17H19Cl2N3O2. The summed E-state index contributed by atoms with van der Waals surface area (Å²) in [5.74, 6) is -0.165. The van der Waals surface area contributed by atoms with E-state index in [1.165, 1.54) is 5.56 Å². The van der Waals surface area contributed by atoms with Gasteiger partial charge in [0.2, 0.25) is 5.91 Å². The highest BCUT2D eigenvalue weighted by molar-refractivity contribution is 6.34. The van der Waals surface area contributed by atoms with Crippen LogP contribution in [0.2, 0.25) is 10.0 Å². The number of hydrogen-bond acceptors (Lipinski definition) is 3. The van der Waals surface area contributed by atoms with Crippen LogP contribution in [0, 0.1) is 0 Å². The molecular weight excluding hydrogens is 349 g/mol. The summed E-state index contributed by atoms with van der Waals surface area (Å²) in [6.45, 7) is 0.0993. The highest BCUT2D eigenvalue weighted by atomic mass is 35.5. The van der Waals surface area contributed by atoms with Crippen LogP contribution in [0.3, 0.4) is 0 Å². The Labute approximate surface area is 150 Å². The third kappa shape index (κ3) is 4.09. The van der Waals surface area contributed by atoms with Crippen molar-refractivity contribution in [3.8, 4) is 0 Å². The number of hydrogen-bond donors (Lipinski definition) is 3. The molecule has 1 atom stereocenters. The van der Waals surface area contributed by atoms with Crippen LogP contribution in [0.1, 0.15) is 41.5 Å². The normalized spacial score (nSPS) is 15.0. The third-order valence-electron chi connectivity index (χ3n) is 4.23. The van der Waals surface area contributed by atoms with Gasteiger partial charge >= 0.3 is 0 Å². The predicted molar refractivity (Wildman–Crippen MR) is 93.4 cm³/mol. The van der Waals surface area contributed by atoms with Gasteiger partial charge in [-0.25, -0.2) is 0 Å². The van der Waals surface area contributed by atoms with Crippen molar-refractivity contribution in [1.29, 1.82) is 0 Å². The second-order valence-electron chi connectivity index (χ2n) is 6.03. The molecule has 0 fully saturated rings. The van der Waals surface area contributed by atoms with Crippen LogP contribution < -0.4 is 5.32 Å². The van der Waals surface area contributed by atoms with Crippen LogP contribution in [0.5, 0.6) is 0 Å². The molecule has 1 aromatic carbocycles. The highest BCUT2D eigenvalue weighted by Crippen LogP contribution is 2.24. The Bertz CT molecular complexity index is 725. The molecule has 2 aromatic rings. The number of aromatic amines is 1. The van der Waals surface area contributed by atoms with Crippen LogP contribution in [0.4, 0.5) is 0 Å². The third-order valence-corrected chi connectivity index (χ3v) is 4.67. The van der Waals surface area contributed by atoms with Gasteiger partial charge in [0, 0.05) is 22.3 Å². The second kappa shape index (κ2) is 7.55. The minimum absolute atomic E-state index is 0.0993. The Morgan fingerprint density at radius 1 is 1.25 bits per heavy atom. The summed E-state index contributed by atoms with van der Waals surface area (Å²) in [4.78, 5) is 12.1. The summed E-state index contributed by atoms with van der Waals surface area (Å²) in [5, 5.41) is 21.1. The Balaban J connectivity index is 1.56. The fraction of sp³-hybridized carbons (Fsp3) is 0.412. The zero-order chi connectivity index (χ0) is 17.1. The minimum atomic E-state index is -0.863. The van der Waals surface area contributed by atoms with E-state index in [-0.39, 0.29) is 18.9 Å². The monoisotopic (exact) mass is 367 g/mol. The molecule has 1 heterocycles. The van der Waals surface area contributed by atoms with Crippen LogP contribution in [0.25, 0.3) is 0 Å². The summed E-state index contributed by atoms with van der Waals surface area (Å²) in [6.07, 6.45) is 3.62. The molecule has 1 unspecified atom stereocenters. The Kier molecular flexibility index (Phi) is 5.43. The SMILES string of the molecule is O=C(Cc1n[nH]c2c1CCCC2)NCC(O)c1cc(Cl)cc(Cl)c1. The Morgan fingerprint density at radius 3 is 2.71 bits per heavy atom. The van der Waals surface area contributed by atoms with E-state index in [1.807, 2.05) is 0 Å². The standard InChI is InChI=1S/C17H19Cl2N3O2/c18-11-5-10(6-12(19)7-11)16(23)9-20-17(24)8-15-13-3-1-2-4-14(13)21-22-15/h5-7,16,23H,1-4,8-9H2,(H,20,24)(H,21,22). The zero-order valence-corrected chi connectivity index (χ0v) is 14.6. The number of aryl methyl sites for hydroxylation is 1. The zero-order valence-electron chi connectivity index (χ0n) is 13.1. The van der Waals surface area contributed by atoms with Crippen molar-refractivity contribution in [2.75, 3.05) is 6.54 Å². The van der Waals surface area contributed by atoms with Gasteiger partial charge in [-0.1, -0.05) is 23.2 Å². The van der Waals surface area contributed by atoms with Crippen LogP contribution in [-0.4, -0.2) is 27.8 Å². The molecule has 1 amide bonds. The largest absolute Gasteiger partial charge is 0.387 e. The molecule has 0 radical (unpaired) electrons. The number of aromatic nitrogens is 2. The maximum absolute atomic E-state index is 12.1. The van der Waals surface area contributed by atoms with Gasteiger partial charge < -0.3 is 10.4 Å². The van der Waals surface area contributed by atoms with E-state index in [9.17, 15) is 9.90 Å². The van der Waals surface area contributed by atoms with E-state index in [0.717, 1.165) is 37.1 Å². The molecule has 1 aromatic heterocycles. The Hall–Kier alpha value is -1.56. The lowest BCUT2D eigenvalue weighted by Crippen LogP contribution is -2.30. The van der Waals surface area contributed by atoms with Gasteiger partial charge in [-0.2, -0.15) is 5.10 Å². The first-order valence-electron chi connectivity index (χ1n) is 7.98. The summed E-state index contributed by atoms with van der Waals surface area (Å²) in [6, 6.07) is 4.86. The maximum Gasteiger partial charge on any atom is 0.226 e. The maximum atomic E-state index is 12.1. The predicted octanol–water partition coefficient (Wildman–Crippen LogP) is 2.99. The summed E-state index contributed by atoms with van der Waals surface area (Å²) in [5.41, 5.74) is 3.71. The number of carbonyl (C=O) groups is 1. The molecule has 24 heavy (non-hydrogen) atoms. The summed E-state index contributed by atoms with van der Waals surface area (Å²) >= 11 is 11.8. The van der Waals surface area contributed by atoms with E-state index < -0.39 is 6.10 Å². The molecule has 5 nitrogen and oxygen atoms in total. The smallest absolute Gasteiger partial charge is 0.226 e. The number of halogens is 2. The topological polar surface area (TPSA) is 78.0 Å². The summed E-state index contributed by atoms with van der Waals surface area (Å²) < 4.78 is 0. The number of nitrogens with one attached hydrogen (secondary N) is 2.